The van der Waals surface area contributed by atoms with Crippen LogP contribution in [-0.4, -0.2) is 13.7 Å². The monoisotopic (exact) mass is 299 g/mol. The number of rotatable bonds is 6. The fourth-order valence-electron chi connectivity index (χ4n) is 1.74. The first kappa shape index (κ1) is 14.6. The Bertz CT molecular complexity index is 572. The van der Waals surface area contributed by atoms with Crippen molar-refractivity contribution < 1.29 is 18.3 Å². The Labute approximate surface area is 120 Å². The van der Waals surface area contributed by atoms with E-state index in [0.717, 1.165) is 0 Å². The lowest BCUT2D eigenvalue weighted by Gasteiger charge is -2.12. The van der Waals surface area contributed by atoms with Gasteiger partial charge >= 0.3 is 6.61 Å². The van der Waals surface area contributed by atoms with Crippen LogP contribution in [0.15, 0.2) is 29.6 Å². The lowest BCUT2D eigenvalue weighted by molar-refractivity contribution is -0.0511. The third kappa shape index (κ3) is 3.60. The highest BCUT2D eigenvalue weighted by atomic mass is 32.1. The van der Waals surface area contributed by atoms with Gasteiger partial charge in [-0.2, -0.15) is 8.78 Å². The molecular formula is C14H15F2NO2S. The third-order valence-corrected chi connectivity index (χ3v) is 3.82. The van der Waals surface area contributed by atoms with Crippen molar-refractivity contribution in [2.45, 2.75) is 20.1 Å². The second kappa shape index (κ2) is 6.56. The van der Waals surface area contributed by atoms with E-state index in [1.54, 1.807) is 23.5 Å². The van der Waals surface area contributed by atoms with Gasteiger partial charge in [0, 0.05) is 23.2 Å². The molecule has 0 amide bonds. The number of thiophene rings is 1. The summed E-state index contributed by atoms with van der Waals surface area (Å²) in [5.41, 5.74) is 1.91. The average molecular weight is 299 g/mol. The summed E-state index contributed by atoms with van der Waals surface area (Å²) in [6.07, 6.45) is 0. The lowest BCUT2D eigenvalue weighted by Crippen LogP contribution is -2.05. The van der Waals surface area contributed by atoms with E-state index in [1.807, 2.05) is 18.4 Å². The number of hydrogen-bond acceptors (Lipinski definition) is 4. The molecule has 3 nitrogen and oxygen atoms in total. The van der Waals surface area contributed by atoms with Crippen LogP contribution in [0.1, 0.15) is 10.4 Å². The molecule has 0 fully saturated rings. The summed E-state index contributed by atoms with van der Waals surface area (Å²) < 4.78 is 34.1. The molecule has 1 aromatic carbocycles. The number of halogens is 2. The fourth-order valence-corrected chi connectivity index (χ4v) is 2.59. The lowest BCUT2D eigenvalue weighted by atomic mass is 10.2. The van der Waals surface area contributed by atoms with E-state index in [4.69, 9.17) is 4.74 Å². The van der Waals surface area contributed by atoms with Crippen molar-refractivity contribution >= 4 is 17.0 Å². The smallest absolute Gasteiger partial charge is 0.387 e. The predicted octanol–water partition coefficient (Wildman–Crippen LogP) is 4.28. The van der Waals surface area contributed by atoms with Gasteiger partial charge < -0.3 is 14.8 Å². The maximum atomic E-state index is 12.3. The number of anilines is 1. The van der Waals surface area contributed by atoms with Crippen LogP contribution < -0.4 is 14.8 Å². The standard InChI is InChI=1S/C14H15F2NO2S/c1-9-5-6-20-13(9)8-17-10-3-4-11(18-2)12(7-10)19-14(15)16/h3-7,14,17H,8H2,1-2H3. The van der Waals surface area contributed by atoms with Gasteiger partial charge in [0.05, 0.1) is 7.11 Å². The van der Waals surface area contributed by atoms with Crippen molar-refractivity contribution in [3.05, 3.63) is 40.1 Å². The van der Waals surface area contributed by atoms with Gasteiger partial charge in [-0.15, -0.1) is 11.3 Å². The van der Waals surface area contributed by atoms with Crippen molar-refractivity contribution in [2.24, 2.45) is 0 Å². The molecule has 0 atom stereocenters. The van der Waals surface area contributed by atoms with Gasteiger partial charge in [-0.3, -0.25) is 0 Å². The highest BCUT2D eigenvalue weighted by molar-refractivity contribution is 7.10. The number of alkyl halides is 2. The highest BCUT2D eigenvalue weighted by Crippen LogP contribution is 2.31. The second-order valence-electron chi connectivity index (χ2n) is 4.12. The number of aryl methyl sites for hydroxylation is 1. The van der Waals surface area contributed by atoms with Gasteiger partial charge in [0.25, 0.3) is 0 Å². The van der Waals surface area contributed by atoms with Gasteiger partial charge in [-0.05, 0) is 36.1 Å². The van der Waals surface area contributed by atoms with Crippen molar-refractivity contribution in [1.29, 1.82) is 0 Å². The van der Waals surface area contributed by atoms with Gasteiger partial charge in [0.1, 0.15) is 0 Å². The topological polar surface area (TPSA) is 30.5 Å². The molecule has 1 aromatic heterocycles. The Morgan fingerprint density at radius 3 is 2.65 bits per heavy atom. The number of hydrogen-bond donors (Lipinski definition) is 1. The largest absolute Gasteiger partial charge is 0.493 e. The number of ether oxygens (including phenoxy) is 2. The van der Waals surface area contributed by atoms with Crippen LogP contribution in [0.2, 0.25) is 0 Å². The summed E-state index contributed by atoms with van der Waals surface area (Å²) in [5, 5.41) is 5.20. The predicted molar refractivity (Wildman–Crippen MR) is 76.0 cm³/mol. The van der Waals surface area contributed by atoms with E-state index in [9.17, 15) is 8.78 Å². The number of benzene rings is 1. The van der Waals surface area contributed by atoms with Crippen molar-refractivity contribution in [1.82, 2.24) is 0 Å². The summed E-state index contributed by atoms with van der Waals surface area (Å²) in [4.78, 5) is 1.21. The normalized spacial score (nSPS) is 10.7. The molecule has 2 aromatic rings. The Morgan fingerprint density at radius 1 is 1.25 bits per heavy atom. The molecule has 0 aliphatic heterocycles. The van der Waals surface area contributed by atoms with Crippen LogP contribution in [0.4, 0.5) is 14.5 Å². The molecule has 0 saturated heterocycles. The molecule has 1 N–H and O–H groups in total. The van der Waals surface area contributed by atoms with Gasteiger partial charge in [0.2, 0.25) is 0 Å². The quantitative estimate of drug-likeness (QED) is 0.863. The minimum Gasteiger partial charge on any atom is -0.493 e. The van der Waals surface area contributed by atoms with Crippen LogP contribution in [0.3, 0.4) is 0 Å². The molecule has 20 heavy (non-hydrogen) atoms. The van der Waals surface area contributed by atoms with E-state index >= 15 is 0 Å². The zero-order chi connectivity index (χ0) is 14.5. The van der Waals surface area contributed by atoms with Crippen LogP contribution in [-0.2, 0) is 6.54 Å². The van der Waals surface area contributed by atoms with Crippen LogP contribution in [0, 0.1) is 6.92 Å². The van der Waals surface area contributed by atoms with E-state index < -0.39 is 6.61 Å². The van der Waals surface area contributed by atoms with E-state index in [2.05, 4.69) is 10.1 Å². The first-order valence-electron chi connectivity index (χ1n) is 6.00. The molecule has 0 saturated carbocycles. The second-order valence-corrected chi connectivity index (χ2v) is 5.13. The first-order valence-corrected chi connectivity index (χ1v) is 6.88. The maximum Gasteiger partial charge on any atom is 0.387 e. The Balaban J connectivity index is 2.10. The Kier molecular flexibility index (Phi) is 4.79. The molecule has 1 heterocycles. The van der Waals surface area contributed by atoms with Crippen molar-refractivity contribution in [2.75, 3.05) is 12.4 Å². The summed E-state index contributed by atoms with van der Waals surface area (Å²) >= 11 is 1.65. The zero-order valence-electron chi connectivity index (χ0n) is 11.2. The number of nitrogens with one attached hydrogen (secondary N) is 1. The van der Waals surface area contributed by atoms with Crippen LogP contribution in [0.25, 0.3) is 0 Å². The molecule has 0 radical (unpaired) electrons. The van der Waals surface area contributed by atoms with E-state index in [0.29, 0.717) is 12.2 Å². The minimum atomic E-state index is -2.88. The third-order valence-electron chi connectivity index (χ3n) is 2.80. The van der Waals surface area contributed by atoms with Crippen molar-refractivity contribution in [3.8, 4) is 11.5 Å². The molecule has 6 heteroatoms. The molecule has 0 unspecified atom stereocenters. The molecule has 0 spiro atoms. The van der Waals surface area contributed by atoms with Crippen LogP contribution in [0.5, 0.6) is 11.5 Å². The highest BCUT2D eigenvalue weighted by Gasteiger charge is 2.11. The molecule has 0 aliphatic rings. The maximum absolute atomic E-state index is 12.3. The molecule has 2 rings (SSSR count). The summed E-state index contributed by atoms with van der Waals surface area (Å²) in [5.74, 6) is 0.304. The molecule has 0 bridgehead atoms. The molecular weight excluding hydrogens is 284 g/mol. The summed E-state index contributed by atoms with van der Waals surface area (Å²) in [7, 11) is 1.41. The average Bonchev–Trinajstić information content (AvgIpc) is 2.81. The Morgan fingerprint density at radius 2 is 2.05 bits per heavy atom. The fraction of sp³-hybridized carbons (Fsp3) is 0.286. The van der Waals surface area contributed by atoms with E-state index in [1.165, 1.54) is 23.6 Å². The SMILES string of the molecule is COc1ccc(NCc2sccc2C)cc1OC(F)F. The summed E-state index contributed by atoms with van der Waals surface area (Å²) in [6.45, 7) is -0.199. The van der Waals surface area contributed by atoms with Gasteiger partial charge in [-0.1, -0.05) is 0 Å². The summed E-state index contributed by atoms with van der Waals surface area (Å²) in [6, 6.07) is 6.91. The zero-order valence-corrected chi connectivity index (χ0v) is 12.0. The first-order chi connectivity index (χ1) is 9.60. The number of methoxy groups -OCH3 is 1. The minimum absolute atomic E-state index is 0.0235. The van der Waals surface area contributed by atoms with E-state index in [-0.39, 0.29) is 11.5 Å². The molecule has 0 aliphatic carbocycles. The van der Waals surface area contributed by atoms with Crippen LogP contribution >= 0.6 is 11.3 Å². The van der Waals surface area contributed by atoms with Gasteiger partial charge in [-0.25, -0.2) is 0 Å². The van der Waals surface area contributed by atoms with Crippen molar-refractivity contribution in [3.63, 3.8) is 0 Å². The molecule has 108 valence electrons. The van der Waals surface area contributed by atoms with Gasteiger partial charge in [0.15, 0.2) is 11.5 Å². The Hall–Kier alpha value is -1.82.